The minimum atomic E-state index is -0.949. The SMILES string of the molecule is Cc1cc(Cl)ccc1OCC(=O)NNC(=O)C(Cc1ccccc1)NC(=O)c1ccco1. The molecule has 3 rings (SSSR count). The highest BCUT2D eigenvalue weighted by Crippen LogP contribution is 2.21. The van der Waals surface area contributed by atoms with Crippen molar-refractivity contribution >= 4 is 29.3 Å². The predicted octanol–water partition coefficient (Wildman–Crippen LogP) is 2.81. The Morgan fingerprint density at radius 2 is 1.81 bits per heavy atom. The molecule has 0 aliphatic carbocycles. The van der Waals surface area contributed by atoms with E-state index >= 15 is 0 Å². The molecule has 3 amide bonds. The van der Waals surface area contributed by atoms with Crippen LogP contribution in [0.1, 0.15) is 21.7 Å². The number of carbonyl (C=O) groups is 3. The monoisotopic (exact) mass is 455 g/mol. The molecule has 0 aliphatic heterocycles. The molecule has 0 saturated carbocycles. The van der Waals surface area contributed by atoms with E-state index in [9.17, 15) is 14.4 Å². The highest BCUT2D eigenvalue weighted by atomic mass is 35.5. The second-order valence-electron chi connectivity index (χ2n) is 6.93. The number of hydrogen-bond acceptors (Lipinski definition) is 5. The molecule has 0 saturated heterocycles. The van der Waals surface area contributed by atoms with Crippen LogP contribution in [0, 0.1) is 6.92 Å². The predicted molar refractivity (Wildman–Crippen MR) is 118 cm³/mol. The Hall–Kier alpha value is -3.78. The molecular formula is C23H22ClN3O5. The van der Waals surface area contributed by atoms with Crippen LogP contribution in [0.2, 0.25) is 5.02 Å². The molecule has 3 aromatic rings. The molecule has 0 radical (unpaired) electrons. The molecule has 1 heterocycles. The average Bonchev–Trinajstić information content (AvgIpc) is 3.32. The van der Waals surface area contributed by atoms with Crippen molar-refractivity contribution in [3.8, 4) is 5.75 Å². The zero-order valence-electron chi connectivity index (χ0n) is 17.3. The molecule has 0 spiro atoms. The van der Waals surface area contributed by atoms with E-state index in [1.165, 1.54) is 12.3 Å². The van der Waals surface area contributed by atoms with Gasteiger partial charge in [-0.15, -0.1) is 0 Å². The normalized spacial score (nSPS) is 11.3. The Balaban J connectivity index is 1.57. The Bertz CT molecular complexity index is 1070. The molecule has 1 atom stereocenters. The third-order valence-electron chi connectivity index (χ3n) is 4.47. The van der Waals surface area contributed by atoms with Crippen molar-refractivity contribution in [1.82, 2.24) is 16.2 Å². The highest BCUT2D eigenvalue weighted by Gasteiger charge is 2.23. The van der Waals surface area contributed by atoms with Crippen LogP contribution in [0.5, 0.6) is 5.75 Å². The maximum Gasteiger partial charge on any atom is 0.287 e. The second-order valence-corrected chi connectivity index (χ2v) is 7.37. The number of nitrogens with one attached hydrogen (secondary N) is 3. The molecule has 0 aliphatic rings. The van der Waals surface area contributed by atoms with Gasteiger partial charge in [-0.2, -0.15) is 0 Å². The maximum absolute atomic E-state index is 12.7. The molecule has 2 aromatic carbocycles. The lowest BCUT2D eigenvalue weighted by Crippen LogP contribution is -2.53. The summed E-state index contributed by atoms with van der Waals surface area (Å²) in [4.78, 5) is 37.2. The van der Waals surface area contributed by atoms with E-state index in [4.69, 9.17) is 20.8 Å². The topological polar surface area (TPSA) is 110 Å². The second kappa shape index (κ2) is 11.0. The number of ether oxygens (including phenoxy) is 1. The molecule has 3 N–H and O–H groups in total. The first-order valence-corrected chi connectivity index (χ1v) is 10.2. The number of furan rings is 1. The summed E-state index contributed by atoms with van der Waals surface area (Å²) in [5.41, 5.74) is 6.23. The summed E-state index contributed by atoms with van der Waals surface area (Å²) >= 11 is 5.90. The van der Waals surface area contributed by atoms with Gasteiger partial charge < -0.3 is 14.5 Å². The van der Waals surface area contributed by atoms with E-state index in [2.05, 4.69) is 16.2 Å². The van der Waals surface area contributed by atoms with Gasteiger partial charge in [0.15, 0.2) is 12.4 Å². The minimum absolute atomic E-state index is 0.0756. The van der Waals surface area contributed by atoms with E-state index in [1.807, 2.05) is 30.3 Å². The summed E-state index contributed by atoms with van der Waals surface area (Å²) in [6.45, 7) is 1.49. The Labute approximate surface area is 189 Å². The fourth-order valence-corrected chi connectivity index (χ4v) is 3.10. The van der Waals surface area contributed by atoms with Crippen molar-refractivity contribution in [2.75, 3.05) is 6.61 Å². The van der Waals surface area contributed by atoms with Crippen molar-refractivity contribution in [3.63, 3.8) is 0 Å². The van der Waals surface area contributed by atoms with E-state index < -0.39 is 23.8 Å². The number of rotatable bonds is 8. The molecule has 32 heavy (non-hydrogen) atoms. The first-order valence-electron chi connectivity index (χ1n) is 9.78. The van der Waals surface area contributed by atoms with Crippen molar-refractivity contribution in [2.24, 2.45) is 0 Å². The number of hydrazine groups is 1. The standard InChI is InChI=1S/C23H22ClN3O5/c1-15-12-17(24)9-10-19(15)32-14-21(28)26-27-22(29)18(13-16-6-3-2-4-7-16)25-23(30)20-8-5-11-31-20/h2-12,18H,13-14H2,1H3,(H,25,30)(H,26,28)(H,27,29). The van der Waals surface area contributed by atoms with Gasteiger partial charge in [-0.05, 0) is 48.4 Å². The fourth-order valence-electron chi connectivity index (χ4n) is 2.87. The summed E-state index contributed by atoms with van der Waals surface area (Å²) in [5.74, 6) is -1.12. The Morgan fingerprint density at radius 1 is 1.03 bits per heavy atom. The van der Waals surface area contributed by atoms with Gasteiger partial charge in [-0.3, -0.25) is 25.2 Å². The summed E-state index contributed by atoms with van der Waals surface area (Å²) in [5, 5.41) is 3.18. The van der Waals surface area contributed by atoms with Crippen molar-refractivity contribution < 1.29 is 23.5 Å². The van der Waals surface area contributed by atoms with Crippen LogP contribution in [0.15, 0.2) is 71.3 Å². The molecule has 166 valence electrons. The fraction of sp³-hybridized carbons (Fsp3) is 0.174. The Morgan fingerprint density at radius 3 is 2.50 bits per heavy atom. The summed E-state index contributed by atoms with van der Waals surface area (Å²) in [6.07, 6.45) is 1.58. The van der Waals surface area contributed by atoms with E-state index in [0.29, 0.717) is 10.8 Å². The van der Waals surface area contributed by atoms with E-state index in [1.54, 1.807) is 31.2 Å². The van der Waals surface area contributed by atoms with Gasteiger partial charge in [-0.25, -0.2) is 0 Å². The van der Waals surface area contributed by atoms with Crippen LogP contribution in [-0.2, 0) is 16.0 Å². The van der Waals surface area contributed by atoms with Crippen LogP contribution in [0.25, 0.3) is 0 Å². The van der Waals surface area contributed by atoms with E-state index in [0.717, 1.165) is 11.1 Å². The van der Waals surface area contributed by atoms with Crippen LogP contribution in [-0.4, -0.2) is 30.4 Å². The smallest absolute Gasteiger partial charge is 0.287 e. The lowest BCUT2D eigenvalue weighted by Gasteiger charge is -2.18. The highest BCUT2D eigenvalue weighted by molar-refractivity contribution is 6.30. The van der Waals surface area contributed by atoms with Crippen LogP contribution >= 0.6 is 11.6 Å². The van der Waals surface area contributed by atoms with E-state index in [-0.39, 0.29) is 18.8 Å². The molecule has 0 bridgehead atoms. The number of hydrogen-bond donors (Lipinski definition) is 3. The summed E-state index contributed by atoms with van der Waals surface area (Å²) in [6, 6.07) is 16.3. The molecule has 9 heteroatoms. The van der Waals surface area contributed by atoms with Gasteiger partial charge in [-0.1, -0.05) is 41.9 Å². The zero-order chi connectivity index (χ0) is 22.9. The van der Waals surface area contributed by atoms with Gasteiger partial charge in [0.2, 0.25) is 0 Å². The largest absolute Gasteiger partial charge is 0.483 e. The van der Waals surface area contributed by atoms with Crippen LogP contribution in [0.4, 0.5) is 0 Å². The molecule has 8 nitrogen and oxygen atoms in total. The average molecular weight is 456 g/mol. The van der Waals surface area contributed by atoms with Crippen molar-refractivity contribution in [1.29, 1.82) is 0 Å². The van der Waals surface area contributed by atoms with Gasteiger partial charge in [0, 0.05) is 11.4 Å². The molecule has 0 fully saturated rings. The summed E-state index contributed by atoms with van der Waals surface area (Å²) in [7, 11) is 0. The number of halogens is 1. The molecule has 1 aromatic heterocycles. The minimum Gasteiger partial charge on any atom is -0.483 e. The van der Waals surface area contributed by atoms with Gasteiger partial charge in [0.1, 0.15) is 11.8 Å². The number of benzene rings is 2. The molecule has 1 unspecified atom stereocenters. The zero-order valence-corrected chi connectivity index (χ0v) is 18.0. The Kier molecular flexibility index (Phi) is 7.88. The summed E-state index contributed by atoms with van der Waals surface area (Å²) < 4.78 is 10.5. The maximum atomic E-state index is 12.7. The van der Waals surface area contributed by atoms with Crippen LogP contribution in [0.3, 0.4) is 0 Å². The third kappa shape index (κ3) is 6.61. The van der Waals surface area contributed by atoms with Crippen molar-refractivity contribution in [2.45, 2.75) is 19.4 Å². The first kappa shape index (κ1) is 22.9. The number of amides is 3. The lowest BCUT2D eigenvalue weighted by atomic mass is 10.1. The van der Waals surface area contributed by atoms with Crippen molar-refractivity contribution in [3.05, 3.63) is 88.8 Å². The van der Waals surface area contributed by atoms with Gasteiger partial charge in [0.05, 0.1) is 6.26 Å². The first-order chi connectivity index (χ1) is 15.4. The number of aryl methyl sites for hydroxylation is 1. The lowest BCUT2D eigenvalue weighted by molar-refractivity contribution is -0.130. The van der Waals surface area contributed by atoms with Gasteiger partial charge >= 0.3 is 0 Å². The number of carbonyl (C=O) groups excluding carboxylic acids is 3. The van der Waals surface area contributed by atoms with Crippen LogP contribution < -0.4 is 20.9 Å². The molecular weight excluding hydrogens is 434 g/mol. The third-order valence-corrected chi connectivity index (χ3v) is 4.71. The quantitative estimate of drug-likeness (QED) is 0.452. The van der Waals surface area contributed by atoms with Gasteiger partial charge in [0.25, 0.3) is 17.7 Å².